The van der Waals surface area contributed by atoms with Crippen LogP contribution in [-0.4, -0.2) is 16.9 Å². The van der Waals surface area contributed by atoms with Crippen LogP contribution in [0.2, 0.25) is 0 Å². The van der Waals surface area contributed by atoms with Crippen molar-refractivity contribution in [2.45, 2.75) is 19.8 Å². The van der Waals surface area contributed by atoms with Crippen molar-refractivity contribution in [3.05, 3.63) is 54.1 Å². The molecule has 5 nitrogen and oxygen atoms in total. The van der Waals surface area contributed by atoms with Gasteiger partial charge in [-0.15, -0.1) is 0 Å². The lowest BCUT2D eigenvalue weighted by Crippen LogP contribution is -2.29. The lowest BCUT2D eigenvalue weighted by Gasteiger charge is -2.13. The zero-order valence-electron chi connectivity index (χ0n) is 12.5. The topological polar surface area (TPSA) is 78.4 Å². The average Bonchev–Trinajstić information content (AvgIpc) is 2.49. The quantitative estimate of drug-likeness (QED) is 0.602. The third kappa shape index (κ3) is 3.85. The average molecular weight is 298 g/mol. The molecule has 0 saturated carbocycles. The van der Waals surface area contributed by atoms with Crippen molar-refractivity contribution >= 4 is 23.2 Å². The molecule has 0 spiro atoms. The van der Waals surface area contributed by atoms with E-state index in [-0.39, 0.29) is 11.7 Å². The van der Waals surface area contributed by atoms with Crippen LogP contribution in [0.4, 0.5) is 11.4 Å². The Hall–Kier alpha value is -2.82. The van der Waals surface area contributed by atoms with Gasteiger partial charge in [-0.1, -0.05) is 32.0 Å². The molecular formula is C17H18N2O3. The summed E-state index contributed by atoms with van der Waals surface area (Å²) in [5.41, 5.74) is 2.03. The molecule has 0 aliphatic heterocycles. The number of rotatable bonds is 3. The Morgan fingerprint density at radius 3 is 2.14 bits per heavy atom. The zero-order valence-corrected chi connectivity index (χ0v) is 12.5. The van der Waals surface area contributed by atoms with Crippen molar-refractivity contribution in [3.63, 3.8) is 0 Å². The number of carbonyl (C=O) groups excluding carboxylic acids is 2. The number of hydrogen-bond acceptors (Lipinski definition) is 3. The van der Waals surface area contributed by atoms with Crippen LogP contribution >= 0.6 is 0 Å². The molecule has 2 aromatic carbocycles. The maximum atomic E-state index is 12.0. The SMILES string of the molecule is CC(C)c1ccccc1NC(=O)C(=O)Nc1ccc(O)cc1. The fourth-order valence-corrected chi connectivity index (χ4v) is 2.03. The van der Waals surface area contributed by atoms with E-state index in [0.717, 1.165) is 5.56 Å². The number of carbonyl (C=O) groups is 2. The first-order valence-electron chi connectivity index (χ1n) is 6.97. The van der Waals surface area contributed by atoms with Crippen molar-refractivity contribution in [2.24, 2.45) is 0 Å². The summed E-state index contributed by atoms with van der Waals surface area (Å²) in [5.74, 6) is -1.17. The number of aromatic hydroxyl groups is 1. The maximum absolute atomic E-state index is 12.0. The highest BCUT2D eigenvalue weighted by atomic mass is 16.3. The summed E-state index contributed by atoms with van der Waals surface area (Å²) in [4.78, 5) is 23.9. The van der Waals surface area contributed by atoms with Crippen molar-refractivity contribution in [2.75, 3.05) is 10.6 Å². The Bertz CT molecular complexity index is 679. The fourth-order valence-electron chi connectivity index (χ4n) is 2.03. The number of hydrogen-bond donors (Lipinski definition) is 3. The van der Waals surface area contributed by atoms with Gasteiger partial charge in [-0.2, -0.15) is 0 Å². The van der Waals surface area contributed by atoms with E-state index in [1.807, 2.05) is 26.0 Å². The van der Waals surface area contributed by atoms with Gasteiger partial charge in [0, 0.05) is 11.4 Å². The van der Waals surface area contributed by atoms with Gasteiger partial charge in [-0.05, 0) is 41.8 Å². The van der Waals surface area contributed by atoms with E-state index in [2.05, 4.69) is 10.6 Å². The lowest BCUT2D eigenvalue weighted by atomic mass is 10.0. The van der Waals surface area contributed by atoms with Gasteiger partial charge >= 0.3 is 11.8 Å². The van der Waals surface area contributed by atoms with Gasteiger partial charge in [-0.25, -0.2) is 0 Å². The molecule has 0 atom stereocenters. The van der Waals surface area contributed by atoms with Crippen LogP contribution in [0, 0.1) is 0 Å². The van der Waals surface area contributed by atoms with E-state index >= 15 is 0 Å². The molecule has 0 aliphatic carbocycles. The van der Waals surface area contributed by atoms with Gasteiger partial charge in [0.05, 0.1) is 0 Å². The van der Waals surface area contributed by atoms with Crippen molar-refractivity contribution in [3.8, 4) is 5.75 Å². The first-order chi connectivity index (χ1) is 10.5. The number of phenolic OH excluding ortho intramolecular Hbond substituents is 1. The van der Waals surface area contributed by atoms with Gasteiger partial charge in [0.25, 0.3) is 0 Å². The van der Waals surface area contributed by atoms with Crippen LogP contribution in [0.3, 0.4) is 0 Å². The number of benzene rings is 2. The Morgan fingerprint density at radius 1 is 0.909 bits per heavy atom. The van der Waals surface area contributed by atoms with Gasteiger partial charge in [0.1, 0.15) is 5.75 Å². The van der Waals surface area contributed by atoms with E-state index in [0.29, 0.717) is 11.4 Å². The molecule has 0 aliphatic rings. The summed E-state index contributed by atoms with van der Waals surface area (Å²) in [6.45, 7) is 4.03. The van der Waals surface area contributed by atoms with Crippen molar-refractivity contribution in [1.29, 1.82) is 0 Å². The third-order valence-electron chi connectivity index (χ3n) is 3.16. The Morgan fingerprint density at radius 2 is 1.50 bits per heavy atom. The highest BCUT2D eigenvalue weighted by Crippen LogP contribution is 2.23. The number of amides is 2. The third-order valence-corrected chi connectivity index (χ3v) is 3.16. The van der Waals surface area contributed by atoms with Crippen molar-refractivity contribution < 1.29 is 14.7 Å². The Labute approximate surface area is 129 Å². The fraction of sp³-hybridized carbons (Fsp3) is 0.176. The number of para-hydroxylation sites is 1. The second-order valence-electron chi connectivity index (χ2n) is 5.20. The molecule has 0 heterocycles. The minimum Gasteiger partial charge on any atom is -0.508 e. The van der Waals surface area contributed by atoms with Crippen LogP contribution in [0.15, 0.2) is 48.5 Å². The Balaban J connectivity index is 2.06. The van der Waals surface area contributed by atoms with Crippen LogP contribution < -0.4 is 10.6 Å². The van der Waals surface area contributed by atoms with E-state index in [1.165, 1.54) is 24.3 Å². The molecule has 0 saturated heterocycles. The minimum atomic E-state index is -0.760. The summed E-state index contributed by atoms with van der Waals surface area (Å²) in [5, 5.41) is 14.3. The summed E-state index contributed by atoms with van der Waals surface area (Å²) in [6, 6.07) is 13.3. The minimum absolute atomic E-state index is 0.0910. The molecule has 2 amide bonds. The molecule has 0 aromatic heterocycles. The van der Waals surface area contributed by atoms with Crippen LogP contribution in [0.1, 0.15) is 25.3 Å². The molecule has 0 fully saturated rings. The Kier molecular flexibility index (Phi) is 4.78. The predicted molar refractivity (Wildman–Crippen MR) is 85.9 cm³/mol. The number of anilines is 2. The molecule has 0 bridgehead atoms. The summed E-state index contributed by atoms with van der Waals surface area (Å²) in [6.07, 6.45) is 0. The molecule has 3 N–H and O–H groups in total. The van der Waals surface area contributed by atoms with Crippen LogP contribution in [-0.2, 0) is 9.59 Å². The normalized spacial score (nSPS) is 10.3. The van der Waals surface area contributed by atoms with Gasteiger partial charge in [0.15, 0.2) is 0 Å². The molecule has 2 rings (SSSR count). The molecule has 114 valence electrons. The first-order valence-corrected chi connectivity index (χ1v) is 6.97. The van der Waals surface area contributed by atoms with Gasteiger partial charge in [0.2, 0.25) is 0 Å². The molecule has 22 heavy (non-hydrogen) atoms. The number of nitrogens with one attached hydrogen (secondary N) is 2. The molecule has 5 heteroatoms. The summed E-state index contributed by atoms with van der Waals surface area (Å²) >= 11 is 0. The molecule has 0 radical (unpaired) electrons. The van der Waals surface area contributed by atoms with Crippen LogP contribution in [0.25, 0.3) is 0 Å². The predicted octanol–water partition coefficient (Wildman–Crippen LogP) is 3.09. The smallest absolute Gasteiger partial charge is 0.314 e. The summed E-state index contributed by atoms with van der Waals surface area (Å²) in [7, 11) is 0. The lowest BCUT2D eigenvalue weighted by molar-refractivity contribution is -0.133. The molecule has 0 unspecified atom stereocenters. The van der Waals surface area contributed by atoms with Gasteiger partial charge in [-0.3, -0.25) is 9.59 Å². The van der Waals surface area contributed by atoms with Crippen molar-refractivity contribution in [1.82, 2.24) is 0 Å². The van der Waals surface area contributed by atoms with Crippen LogP contribution in [0.5, 0.6) is 5.75 Å². The van der Waals surface area contributed by atoms with E-state index in [9.17, 15) is 14.7 Å². The zero-order chi connectivity index (χ0) is 16.1. The molecular weight excluding hydrogens is 280 g/mol. The largest absolute Gasteiger partial charge is 0.508 e. The molecule has 2 aromatic rings. The summed E-state index contributed by atoms with van der Waals surface area (Å²) < 4.78 is 0. The van der Waals surface area contributed by atoms with E-state index < -0.39 is 11.8 Å². The maximum Gasteiger partial charge on any atom is 0.314 e. The standard InChI is InChI=1S/C17H18N2O3/c1-11(2)14-5-3-4-6-15(14)19-17(22)16(21)18-12-7-9-13(20)10-8-12/h3-11,20H,1-2H3,(H,18,21)(H,19,22). The second-order valence-corrected chi connectivity index (χ2v) is 5.20. The van der Waals surface area contributed by atoms with E-state index in [1.54, 1.807) is 12.1 Å². The second kappa shape index (κ2) is 6.76. The van der Waals surface area contributed by atoms with E-state index in [4.69, 9.17) is 0 Å². The highest BCUT2D eigenvalue weighted by Gasteiger charge is 2.16. The highest BCUT2D eigenvalue weighted by molar-refractivity contribution is 6.43. The first kappa shape index (κ1) is 15.6. The monoisotopic (exact) mass is 298 g/mol. The number of phenols is 1. The van der Waals surface area contributed by atoms with Gasteiger partial charge < -0.3 is 15.7 Å².